The number of rotatable bonds is 11. The Kier molecular flexibility index (Phi) is 8.36. The Balaban J connectivity index is 1.36. The highest BCUT2D eigenvalue weighted by atomic mass is 32.1. The minimum Gasteiger partial charge on any atom is -0.454 e. The van der Waals surface area contributed by atoms with E-state index < -0.39 is 0 Å². The molecular weight excluding hydrogens is 494 g/mol. The molecule has 0 saturated heterocycles. The number of thiazole rings is 1. The summed E-state index contributed by atoms with van der Waals surface area (Å²) in [5.74, 6) is 1.73. The van der Waals surface area contributed by atoms with Crippen molar-refractivity contribution in [3.8, 4) is 11.5 Å². The van der Waals surface area contributed by atoms with Gasteiger partial charge >= 0.3 is 0 Å². The maximum absolute atomic E-state index is 12.5. The second-order valence-corrected chi connectivity index (χ2v) is 10.8. The molecule has 2 heterocycles. The van der Waals surface area contributed by atoms with Crippen molar-refractivity contribution in [3.63, 3.8) is 0 Å². The van der Waals surface area contributed by atoms with Crippen molar-refractivity contribution in [1.29, 1.82) is 0 Å². The van der Waals surface area contributed by atoms with Gasteiger partial charge in [0, 0.05) is 23.9 Å². The zero-order chi connectivity index (χ0) is 26.3. The molecule has 0 aliphatic carbocycles. The molecule has 0 spiro atoms. The summed E-state index contributed by atoms with van der Waals surface area (Å²) in [5, 5.41) is 5.71. The van der Waals surface area contributed by atoms with Gasteiger partial charge in [0.2, 0.25) is 6.79 Å². The third kappa shape index (κ3) is 6.60. The summed E-state index contributed by atoms with van der Waals surface area (Å²) in [7, 11) is 0. The molecule has 1 aliphatic heterocycles. The average Bonchev–Trinajstić information content (AvgIpc) is 3.59. The number of ether oxygens (including phenoxy) is 2. The van der Waals surface area contributed by atoms with Crippen LogP contribution in [0.5, 0.6) is 11.5 Å². The summed E-state index contributed by atoms with van der Waals surface area (Å²) in [6.45, 7) is 6.42. The molecule has 0 radical (unpaired) electrons. The molecule has 6 nitrogen and oxygen atoms in total. The Labute approximate surface area is 228 Å². The van der Waals surface area contributed by atoms with E-state index in [-0.39, 0.29) is 24.7 Å². The second kappa shape index (κ2) is 12.2. The van der Waals surface area contributed by atoms with Crippen LogP contribution < -0.4 is 14.8 Å². The number of aromatic nitrogens is 1. The molecule has 7 heteroatoms. The van der Waals surface area contributed by atoms with Crippen LogP contribution in [-0.4, -0.2) is 35.2 Å². The molecule has 0 bridgehead atoms. The van der Waals surface area contributed by atoms with Crippen molar-refractivity contribution in [2.45, 2.75) is 45.3 Å². The molecule has 196 valence electrons. The van der Waals surface area contributed by atoms with Gasteiger partial charge in [-0.15, -0.1) is 11.3 Å². The molecule has 0 unspecified atom stereocenters. The first kappa shape index (κ1) is 25.9. The number of nitrogens with one attached hydrogen (secondary N) is 1. The Morgan fingerprint density at radius 1 is 0.947 bits per heavy atom. The van der Waals surface area contributed by atoms with Crippen LogP contribution in [0.25, 0.3) is 0 Å². The van der Waals surface area contributed by atoms with E-state index >= 15 is 0 Å². The van der Waals surface area contributed by atoms with Crippen molar-refractivity contribution in [1.82, 2.24) is 15.2 Å². The van der Waals surface area contributed by atoms with Gasteiger partial charge in [0.05, 0.1) is 6.54 Å². The molecule has 4 aromatic rings. The van der Waals surface area contributed by atoms with Crippen LogP contribution in [0.3, 0.4) is 0 Å². The molecule has 1 N–H and O–H groups in total. The van der Waals surface area contributed by atoms with E-state index in [4.69, 9.17) is 9.47 Å². The first-order chi connectivity index (χ1) is 18.5. The smallest absolute Gasteiger partial charge is 0.270 e. The minimum atomic E-state index is -0.127. The first-order valence-corrected chi connectivity index (χ1v) is 13.9. The summed E-state index contributed by atoms with van der Waals surface area (Å²) in [5.41, 5.74) is 4.25. The van der Waals surface area contributed by atoms with Crippen molar-refractivity contribution in [2.75, 3.05) is 13.3 Å². The van der Waals surface area contributed by atoms with Crippen LogP contribution in [-0.2, 0) is 13.1 Å². The molecule has 1 amide bonds. The summed E-state index contributed by atoms with van der Waals surface area (Å²) >= 11 is 1.53. The Hall–Kier alpha value is -3.68. The van der Waals surface area contributed by atoms with Crippen LogP contribution in [0, 0.1) is 0 Å². The fourth-order valence-corrected chi connectivity index (χ4v) is 5.55. The number of carbonyl (C=O) groups excluding carboxylic acids is 1. The van der Waals surface area contributed by atoms with Crippen molar-refractivity contribution >= 4 is 17.2 Å². The Morgan fingerprint density at radius 3 is 2.32 bits per heavy atom. The van der Waals surface area contributed by atoms with Gasteiger partial charge in [-0.25, -0.2) is 4.98 Å². The van der Waals surface area contributed by atoms with Gasteiger partial charge in [0.25, 0.3) is 5.91 Å². The normalized spacial score (nSPS) is 12.4. The summed E-state index contributed by atoms with van der Waals surface area (Å²) < 4.78 is 11.1. The molecule has 5 rings (SSSR count). The lowest BCUT2D eigenvalue weighted by Gasteiger charge is -2.25. The zero-order valence-corrected chi connectivity index (χ0v) is 22.6. The van der Waals surface area contributed by atoms with Crippen molar-refractivity contribution in [3.05, 3.63) is 112 Å². The third-order valence-corrected chi connectivity index (χ3v) is 7.38. The lowest BCUT2D eigenvalue weighted by Crippen LogP contribution is -2.30. The van der Waals surface area contributed by atoms with Crippen molar-refractivity contribution < 1.29 is 14.3 Å². The summed E-state index contributed by atoms with van der Waals surface area (Å²) in [6, 6.07) is 27.6. The highest BCUT2D eigenvalue weighted by molar-refractivity contribution is 7.09. The zero-order valence-electron chi connectivity index (χ0n) is 21.8. The number of fused-ring (bicyclic) bond motifs is 1. The van der Waals surface area contributed by atoms with Gasteiger partial charge in [-0.3, -0.25) is 9.69 Å². The first-order valence-electron chi connectivity index (χ1n) is 13.0. The second-order valence-electron chi connectivity index (χ2n) is 9.82. The number of nitrogens with zero attached hydrogens (tertiary/aromatic N) is 2. The summed E-state index contributed by atoms with van der Waals surface area (Å²) in [4.78, 5) is 19.5. The van der Waals surface area contributed by atoms with Gasteiger partial charge in [0.1, 0.15) is 10.7 Å². The lowest BCUT2D eigenvalue weighted by atomic mass is 9.88. The van der Waals surface area contributed by atoms with Gasteiger partial charge in [-0.2, -0.15) is 0 Å². The molecule has 38 heavy (non-hydrogen) atoms. The fraction of sp³-hybridized carbons (Fsp3) is 0.290. The highest BCUT2D eigenvalue weighted by Crippen LogP contribution is 2.33. The van der Waals surface area contributed by atoms with Crippen LogP contribution in [0.4, 0.5) is 0 Å². The molecule has 0 saturated carbocycles. The van der Waals surface area contributed by atoms with Gasteiger partial charge in [-0.1, -0.05) is 66.7 Å². The van der Waals surface area contributed by atoms with Crippen LogP contribution in [0.1, 0.15) is 58.4 Å². The monoisotopic (exact) mass is 527 g/mol. The van der Waals surface area contributed by atoms with E-state index in [2.05, 4.69) is 88.0 Å². The lowest BCUT2D eigenvalue weighted by molar-refractivity contribution is 0.0938. The van der Waals surface area contributed by atoms with Gasteiger partial charge < -0.3 is 14.8 Å². The Bertz CT molecular complexity index is 1300. The molecule has 0 fully saturated rings. The minimum absolute atomic E-state index is 0.0723. The van der Waals surface area contributed by atoms with E-state index in [1.807, 2.05) is 25.3 Å². The highest BCUT2D eigenvalue weighted by Gasteiger charge is 2.20. The number of hydrogen-bond acceptors (Lipinski definition) is 6. The number of hydrogen-bond donors (Lipinski definition) is 1. The predicted molar refractivity (Wildman–Crippen MR) is 151 cm³/mol. The van der Waals surface area contributed by atoms with Crippen molar-refractivity contribution in [2.24, 2.45) is 0 Å². The number of benzene rings is 3. The molecule has 0 atom stereocenters. The topological polar surface area (TPSA) is 63.7 Å². The standard InChI is InChI=1S/C31H33N3O3S/c1-22(2)32-31(35)27-20-38-30(33-27)19-34(18-23-13-14-28-29(17-23)37-21-36-28)16-15-26(24-9-5-3-6-10-24)25-11-7-4-8-12-25/h3-14,17,20,22,26H,15-16,18-19,21H2,1-2H3,(H,32,35). The van der Waals surface area contributed by atoms with Crippen LogP contribution >= 0.6 is 11.3 Å². The van der Waals surface area contributed by atoms with Crippen LogP contribution in [0.15, 0.2) is 84.2 Å². The van der Waals surface area contributed by atoms with E-state index in [0.717, 1.165) is 41.6 Å². The SMILES string of the molecule is CC(C)NC(=O)c1csc(CN(CCC(c2ccccc2)c2ccccc2)Cc2ccc3c(c2)OCO3)n1. The molecule has 1 aromatic heterocycles. The molecule has 3 aromatic carbocycles. The Morgan fingerprint density at radius 2 is 1.63 bits per heavy atom. The van der Waals surface area contributed by atoms with E-state index in [9.17, 15) is 4.79 Å². The maximum atomic E-state index is 12.5. The largest absolute Gasteiger partial charge is 0.454 e. The third-order valence-electron chi connectivity index (χ3n) is 6.54. The quantitative estimate of drug-likeness (QED) is 0.250. The van der Waals surface area contributed by atoms with Gasteiger partial charge in [0.15, 0.2) is 11.5 Å². The number of amides is 1. The summed E-state index contributed by atoms with van der Waals surface area (Å²) in [6.07, 6.45) is 0.949. The van der Waals surface area contributed by atoms with E-state index in [1.165, 1.54) is 22.5 Å². The maximum Gasteiger partial charge on any atom is 0.270 e. The van der Waals surface area contributed by atoms with E-state index in [1.54, 1.807) is 0 Å². The fourth-order valence-electron chi connectivity index (χ4n) is 4.73. The molecular formula is C31H33N3O3S. The van der Waals surface area contributed by atoms with E-state index in [0.29, 0.717) is 12.2 Å². The predicted octanol–water partition coefficient (Wildman–Crippen LogP) is 6.23. The van der Waals surface area contributed by atoms with Crippen LogP contribution in [0.2, 0.25) is 0 Å². The average molecular weight is 528 g/mol. The van der Waals surface area contributed by atoms with Gasteiger partial charge in [-0.05, 0) is 55.6 Å². The number of carbonyl (C=O) groups is 1. The molecule has 1 aliphatic rings.